The number of benzene rings is 3. The molecule has 2 atom stereocenters. The second-order valence-corrected chi connectivity index (χ2v) is 14.2. The molecule has 0 heteroatoms. The number of hydrogen-bond acceptors (Lipinski definition) is 0. The quantitative estimate of drug-likeness (QED) is 0.295. The summed E-state index contributed by atoms with van der Waals surface area (Å²) in [4.78, 5) is 0. The Morgan fingerprint density at radius 2 is 1.47 bits per heavy atom. The fraction of sp³-hybridized carbons (Fsp3) is 0.302. The van der Waals surface area contributed by atoms with Crippen LogP contribution in [0.5, 0.6) is 0 Å². The highest BCUT2D eigenvalue weighted by molar-refractivity contribution is 6.03. The molecule has 6 aliphatic carbocycles. The van der Waals surface area contributed by atoms with Gasteiger partial charge in [-0.3, -0.25) is 0 Å². The summed E-state index contributed by atoms with van der Waals surface area (Å²) < 4.78 is 0. The van der Waals surface area contributed by atoms with E-state index in [0.717, 1.165) is 25.2 Å². The van der Waals surface area contributed by atoms with Crippen LogP contribution in [0.1, 0.15) is 81.9 Å². The van der Waals surface area contributed by atoms with Crippen LogP contribution >= 0.6 is 0 Å². The third-order valence-corrected chi connectivity index (χ3v) is 11.5. The summed E-state index contributed by atoms with van der Waals surface area (Å²) in [7, 11) is 0. The molecule has 0 saturated heterocycles. The van der Waals surface area contributed by atoms with E-state index in [0.29, 0.717) is 5.92 Å². The predicted octanol–water partition coefficient (Wildman–Crippen LogP) is 9.77. The van der Waals surface area contributed by atoms with Gasteiger partial charge in [-0.25, -0.2) is 0 Å². The monoisotopic (exact) mass is 556 g/mol. The van der Waals surface area contributed by atoms with E-state index >= 15 is 0 Å². The minimum atomic E-state index is -0.0153. The Hall–Kier alpha value is -3.90. The van der Waals surface area contributed by atoms with E-state index < -0.39 is 0 Å². The minimum Gasteiger partial charge on any atom is -0.0842 e. The molecule has 0 aliphatic heterocycles. The Bertz CT molecular complexity index is 2040. The molecule has 0 nitrogen and oxygen atoms in total. The zero-order chi connectivity index (χ0) is 28.7. The van der Waals surface area contributed by atoms with Crippen LogP contribution in [0.25, 0.3) is 39.6 Å². The summed E-state index contributed by atoms with van der Waals surface area (Å²) in [5.41, 5.74) is 15.2. The standard InChI is InChI=1S/C43H40/c1-43(2)39-22-21-28-10-5-6-12-35(28)41(39)42-37-14-8-7-13-36(37)38(26-40(42)43)34-20-19-32-24-31(17-18-33(32)25-34)30-16-15-27-9-3-4-11-29(27)23-30/h3,5-6,9-10,12-16,19-22,24,26,29,33H,4,7-8,11,17-18,23,25H2,1-2H3. The highest BCUT2D eigenvalue weighted by atomic mass is 14.4. The van der Waals surface area contributed by atoms with Crippen molar-refractivity contribution >= 4 is 28.5 Å². The molecule has 0 saturated carbocycles. The molecule has 0 aromatic heterocycles. The number of allylic oxidation sites excluding steroid dienone is 12. The Morgan fingerprint density at radius 3 is 2.40 bits per heavy atom. The summed E-state index contributed by atoms with van der Waals surface area (Å²) in [5, 5.41) is 5.71. The van der Waals surface area contributed by atoms with Gasteiger partial charge in [0, 0.05) is 5.41 Å². The van der Waals surface area contributed by atoms with E-state index in [-0.39, 0.29) is 5.41 Å². The molecular formula is C43H40. The van der Waals surface area contributed by atoms with Crippen molar-refractivity contribution in [2.45, 2.75) is 70.6 Å². The smallest absolute Gasteiger partial charge is 0.0159 e. The van der Waals surface area contributed by atoms with Gasteiger partial charge >= 0.3 is 0 Å². The van der Waals surface area contributed by atoms with Crippen molar-refractivity contribution in [3.8, 4) is 11.1 Å². The average molecular weight is 557 g/mol. The molecule has 0 spiro atoms. The largest absolute Gasteiger partial charge is 0.0842 e. The van der Waals surface area contributed by atoms with Crippen LogP contribution in [-0.4, -0.2) is 0 Å². The van der Waals surface area contributed by atoms with Gasteiger partial charge in [0.15, 0.2) is 0 Å². The van der Waals surface area contributed by atoms with Crippen molar-refractivity contribution in [1.29, 1.82) is 0 Å². The van der Waals surface area contributed by atoms with Gasteiger partial charge in [-0.05, 0) is 146 Å². The molecule has 0 fully saturated rings. The second-order valence-electron chi connectivity index (χ2n) is 14.2. The van der Waals surface area contributed by atoms with Gasteiger partial charge in [0.2, 0.25) is 0 Å². The summed E-state index contributed by atoms with van der Waals surface area (Å²) in [6.07, 6.45) is 31.8. The maximum Gasteiger partial charge on any atom is 0.0159 e. The van der Waals surface area contributed by atoms with Gasteiger partial charge in [0.25, 0.3) is 0 Å². The fourth-order valence-electron chi connectivity index (χ4n) is 9.12. The Morgan fingerprint density at radius 1 is 0.674 bits per heavy atom. The van der Waals surface area contributed by atoms with Crippen LogP contribution in [0, 0.1) is 11.8 Å². The molecular weight excluding hydrogens is 516 g/mol. The first-order valence-corrected chi connectivity index (χ1v) is 16.7. The van der Waals surface area contributed by atoms with E-state index in [2.05, 4.69) is 111 Å². The summed E-state index contributed by atoms with van der Waals surface area (Å²) in [6.45, 7) is 4.88. The van der Waals surface area contributed by atoms with Crippen molar-refractivity contribution in [3.05, 3.63) is 134 Å². The zero-order valence-electron chi connectivity index (χ0n) is 25.5. The summed E-state index contributed by atoms with van der Waals surface area (Å²) >= 11 is 0. The molecule has 43 heavy (non-hydrogen) atoms. The molecule has 3 aromatic carbocycles. The Balaban J connectivity index is 1.15. The van der Waals surface area contributed by atoms with Crippen LogP contribution in [0.4, 0.5) is 0 Å². The fourth-order valence-corrected chi connectivity index (χ4v) is 9.12. The highest BCUT2D eigenvalue weighted by Gasteiger charge is 2.38. The van der Waals surface area contributed by atoms with E-state index in [4.69, 9.17) is 0 Å². The lowest BCUT2D eigenvalue weighted by Gasteiger charge is -2.32. The first-order chi connectivity index (χ1) is 21.1. The van der Waals surface area contributed by atoms with Crippen molar-refractivity contribution in [2.75, 3.05) is 0 Å². The van der Waals surface area contributed by atoms with Gasteiger partial charge in [-0.15, -0.1) is 0 Å². The normalized spacial score (nSPS) is 24.5. The second kappa shape index (κ2) is 9.55. The Labute approximate surface area is 255 Å². The van der Waals surface area contributed by atoms with E-state index in [1.165, 1.54) is 86.7 Å². The van der Waals surface area contributed by atoms with E-state index in [1.54, 1.807) is 22.3 Å². The van der Waals surface area contributed by atoms with E-state index in [1.807, 2.05) is 0 Å². The number of fused-ring (bicyclic) bond motifs is 9. The van der Waals surface area contributed by atoms with Crippen molar-refractivity contribution in [3.63, 3.8) is 0 Å². The molecule has 0 N–H and O–H groups in total. The number of rotatable bonds is 2. The Kier molecular flexibility index (Phi) is 5.68. The molecule has 6 aliphatic rings. The summed E-state index contributed by atoms with van der Waals surface area (Å²) in [5.74, 6) is 1.35. The third kappa shape index (κ3) is 3.88. The van der Waals surface area contributed by atoms with Crippen LogP contribution in [0.2, 0.25) is 0 Å². The molecule has 0 heterocycles. The lowest BCUT2D eigenvalue weighted by Crippen LogP contribution is -2.34. The van der Waals surface area contributed by atoms with Crippen molar-refractivity contribution in [2.24, 2.45) is 11.8 Å². The van der Waals surface area contributed by atoms with Crippen molar-refractivity contribution < 1.29 is 0 Å². The van der Waals surface area contributed by atoms with E-state index in [9.17, 15) is 0 Å². The van der Waals surface area contributed by atoms with Gasteiger partial charge in [0.1, 0.15) is 0 Å². The van der Waals surface area contributed by atoms with Crippen LogP contribution < -0.4 is 10.4 Å². The highest BCUT2D eigenvalue weighted by Crippen LogP contribution is 2.51. The molecule has 0 radical (unpaired) electrons. The first kappa shape index (κ1) is 25.6. The van der Waals surface area contributed by atoms with Gasteiger partial charge < -0.3 is 0 Å². The average Bonchev–Trinajstić information content (AvgIpc) is 3.30. The molecule has 9 rings (SSSR count). The topological polar surface area (TPSA) is 0 Å². The third-order valence-electron chi connectivity index (χ3n) is 11.5. The van der Waals surface area contributed by atoms with Gasteiger partial charge in [-0.1, -0.05) is 105 Å². The zero-order valence-corrected chi connectivity index (χ0v) is 25.5. The predicted molar refractivity (Wildman–Crippen MR) is 183 cm³/mol. The van der Waals surface area contributed by atoms with Gasteiger partial charge in [-0.2, -0.15) is 0 Å². The summed E-state index contributed by atoms with van der Waals surface area (Å²) in [6, 6.07) is 16.3. The molecule has 212 valence electrons. The molecule has 3 aromatic rings. The van der Waals surface area contributed by atoms with Crippen LogP contribution in [0.3, 0.4) is 0 Å². The minimum absolute atomic E-state index is 0.0153. The van der Waals surface area contributed by atoms with Gasteiger partial charge in [0.05, 0.1) is 0 Å². The van der Waals surface area contributed by atoms with Crippen molar-refractivity contribution in [1.82, 2.24) is 0 Å². The van der Waals surface area contributed by atoms with Crippen LogP contribution in [-0.2, 0) is 5.41 Å². The number of hydrogen-bond donors (Lipinski definition) is 0. The first-order valence-electron chi connectivity index (χ1n) is 16.7. The maximum atomic E-state index is 2.60. The maximum absolute atomic E-state index is 2.60. The molecule has 2 unspecified atom stereocenters. The lowest BCUT2D eigenvalue weighted by atomic mass is 9.72. The molecule has 0 amide bonds. The SMILES string of the molecule is CC1(C)c2cc(C3=CC=C4C=C(C5=CC=C6C=CCCC6C5)CCC4C3)c3c(c2-c2c1ccc1ccccc21)=CCCC=3. The van der Waals surface area contributed by atoms with Crippen LogP contribution in [0.15, 0.2) is 107 Å². The molecule has 0 bridgehead atoms. The lowest BCUT2D eigenvalue weighted by molar-refractivity contribution is 0.534.